The van der Waals surface area contributed by atoms with Crippen molar-refractivity contribution in [2.45, 2.75) is 40.8 Å². The van der Waals surface area contributed by atoms with Crippen molar-refractivity contribution in [2.75, 3.05) is 6.54 Å². The van der Waals surface area contributed by atoms with Crippen LogP contribution >= 0.6 is 0 Å². The zero-order chi connectivity index (χ0) is 17.3. The van der Waals surface area contributed by atoms with Gasteiger partial charge in [-0.15, -0.1) is 0 Å². The van der Waals surface area contributed by atoms with Crippen LogP contribution in [0.15, 0.2) is 30.3 Å². The normalized spacial score (nSPS) is 11.2. The molecule has 3 rings (SSSR count). The van der Waals surface area contributed by atoms with E-state index in [4.69, 9.17) is 15.5 Å². The highest BCUT2D eigenvalue weighted by Crippen LogP contribution is 2.25. The van der Waals surface area contributed by atoms with Gasteiger partial charge in [0.2, 0.25) is 0 Å². The number of aromatic nitrogens is 2. The molecule has 0 spiro atoms. The van der Waals surface area contributed by atoms with Crippen LogP contribution in [0.2, 0.25) is 0 Å². The maximum atomic E-state index is 6.11. The minimum absolute atomic E-state index is 0.443. The number of rotatable bonds is 5. The number of aryl methyl sites for hydroxylation is 4. The van der Waals surface area contributed by atoms with Crippen LogP contribution in [0.3, 0.4) is 0 Å². The van der Waals surface area contributed by atoms with Crippen LogP contribution in [0.1, 0.15) is 28.1 Å². The Kier molecular flexibility index (Phi) is 4.58. The Morgan fingerprint density at radius 1 is 1.00 bits per heavy atom. The fourth-order valence-electron chi connectivity index (χ4n) is 3.08. The monoisotopic (exact) mass is 323 g/mol. The number of nitrogens with two attached hydrogens (primary N) is 1. The molecule has 0 atom stereocenters. The fraction of sp³-hybridized carbons (Fsp3) is 0.350. The topological polar surface area (TPSA) is 53.1 Å². The second-order valence-electron chi connectivity index (χ2n) is 6.40. The molecule has 24 heavy (non-hydrogen) atoms. The van der Waals surface area contributed by atoms with E-state index in [0.29, 0.717) is 13.2 Å². The standard InChI is InChI=1S/C20H25N3O/c1-13-6-5-7-14(2)20(13)24-12-19-22-17-10-15(3)16(4)11-18(17)23(19)9-8-21/h5-7,10-11H,8-9,12,21H2,1-4H3. The van der Waals surface area contributed by atoms with Gasteiger partial charge in [-0.3, -0.25) is 0 Å². The van der Waals surface area contributed by atoms with Crippen molar-refractivity contribution in [1.82, 2.24) is 9.55 Å². The van der Waals surface area contributed by atoms with Gasteiger partial charge in [0.05, 0.1) is 11.0 Å². The number of hydrogen-bond donors (Lipinski definition) is 1. The largest absolute Gasteiger partial charge is 0.485 e. The van der Waals surface area contributed by atoms with Crippen LogP contribution in [-0.4, -0.2) is 16.1 Å². The first-order valence-corrected chi connectivity index (χ1v) is 8.36. The molecule has 4 nitrogen and oxygen atoms in total. The molecule has 0 bridgehead atoms. The first-order chi connectivity index (χ1) is 11.5. The molecule has 126 valence electrons. The predicted molar refractivity (Wildman–Crippen MR) is 98.5 cm³/mol. The van der Waals surface area contributed by atoms with E-state index in [9.17, 15) is 0 Å². The summed E-state index contributed by atoms with van der Waals surface area (Å²) in [5.74, 6) is 1.86. The van der Waals surface area contributed by atoms with E-state index in [0.717, 1.165) is 40.3 Å². The summed E-state index contributed by atoms with van der Waals surface area (Å²) in [5.41, 5.74) is 12.8. The van der Waals surface area contributed by atoms with Gasteiger partial charge in [0, 0.05) is 13.1 Å². The number of hydrogen-bond acceptors (Lipinski definition) is 3. The van der Waals surface area contributed by atoms with E-state index in [-0.39, 0.29) is 0 Å². The van der Waals surface area contributed by atoms with Crippen molar-refractivity contribution in [3.8, 4) is 5.75 Å². The average Bonchev–Trinajstić information content (AvgIpc) is 2.85. The van der Waals surface area contributed by atoms with Crippen LogP contribution in [-0.2, 0) is 13.2 Å². The van der Waals surface area contributed by atoms with Gasteiger partial charge in [-0.05, 0) is 62.1 Å². The molecule has 3 aromatic rings. The summed E-state index contributed by atoms with van der Waals surface area (Å²) in [5, 5.41) is 0. The molecule has 0 amide bonds. The van der Waals surface area contributed by atoms with Gasteiger partial charge in [-0.2, -0.15) is 0 Å². The molecule has 2 N–H and O–H groups in total. The summed E-state index contributed by atoms with van der Waals surface area (Å²) in [6, 6.07) is 10.5. The fourth-order valence-corrected chi connectivity index (χ4v) is 3.08. The van der Waals surface area contributed by atoms with E-state index in [2.05, 4.69) is 56.5 Å². The van der Waals surface area contributed by atoms with Gasteiger partial charge in [-0.1, -0.05) is 18.2 Å². The molecule has 1 aromatic heterocycles. The minimum Gasteiger partial charge on any atom is -0.485 e. The molecular formula is C20H25N3O. The molecule has 0 radical (unpaired) electrons. The third kappa shape index (κ3) is 3.02. The van der Waals surface area contributed by atoms with E-state index in [1.807, 2.05) is 6.07 Å². The Morgan fingerprint density at radius 3 is 2.33 bits per heavy atom. The molecule has 0 aliphatic carbocycles. The third-order valence-corrected chi connectivity index (χ3v) is 4.55. The lowest BCUT2D eigenvalue weighted by atomic mass is 10.1. The van der Waals surface area contributed by atoms with E-state index < -0.39 is 0 Å². The molecule has 0 unspecified atom stereocenters. The Bertz CT molecular complexity index is 860. The van der Waals surface area contributed by atoms with Crippen LogP contribution in [0, 0.1) is 27.7 Å². The minimum atomic E-state index is 0.443. The first-order valence-electron chi connectivity index (χ1n) is 8.36. The number of para-hydroxylation sites is 1. The molecule has 0 fully saturated rings. The summed E-state index contributed by atoms with van der Waals surface area (Å²) >= 11 is 0. The van der Waals surface area contributed by atoms with Crippen molar-refractivity contribution in [2.24, 2.45) is 5.73 Å². The van der Waals surface area contributed by atoms with Crippen molar-refractivity contribution >= 4 is 11.0 Å². The molecular weight excluding hydrogens is 298 g/mol. The van der Waals surface area contributed by atoms with Gasteiger partial charge < -0.3 is 15.0 Å². The Hall–Kier alpha value is -2.33. The van der Waals surface area contributed by atoms with E-state index in [1.165, 1.54) is 11.1 Å². The summed E-state index contributed by atoms with van der Waals surface area (Å²) in [7, 11) is 0. The summed E-state index contributed by atoms with van der Waals surface area (Å²) < 4.78 is 8.28. The van der Waals surface area contributed by atoms with Crippen molar-refractivity contribution in [3.63, 3.8) is 0 Å². The van der Waals surface area contributed by atoms with Crippen molar-refractivity contribution in [1.29, 1.82) is 0 Å². The van der Waals surface area contributed by atoms with Crippen molar-refractivity contribution in [3.05, 3.63) is 58.4 Å². The maximum Gasteiger partial charge on any atom is 0.148 e. The van der Waals surface area contributed by atoms with Crippen LogP contribution < -0.4 is 10.5 Å². The molecule has 1 heterocycles. The van der Waals surface area contributed by atoms with E-state index >= 15 is 0 Å². The molecule has 4 heteroatoms. The average molecular weight is 323 g/mol. The summed E-state index contributed by atoms with van der Waals surface area (Å²) in [6.07, 6.45) is 0. The summed E-state index contributed by atoms with van der Waals surface area (Å²) in [6.45, 7) is 10.1. The van der Waals surface area contributed by atoms with E-state index in [1.54, 1.807) is 0 Å². The second kappa shape index (κ2) is 6.65. The van der Waals surface area contributed by atoms with Gasteiger partial charge >= 0.3 is 0 Å². The van der Waals surface area contributed by atoms with Gasteiger partial charge in [0.1, 0.15) is 18.2 Å². The molecule has 0 aliphatic rings. The zero-order valence-electron chi connectivity index (χ0n) is 14.9. The second-order valence-corrected chi connectivity index (χ2v) is 6.40. The lowest BCUT2D eigenvalue weighted by Gasteiger charge is -2.13. The number of ether oxygens (including phenoxy) is 1. The molecule has 2 aromatic carbocycles. The van der Waals surface area contributed by atoms with Crippen LogP contribution in [0.25, 0.3) is 11.0 Å². The quantitative estimate of drug-likeness (QED) is 0.777. The SMILES string of the molecule is Cc1cc2nc(COc3c(C)cccc3C)n(CCN)c2cc1C. The zero-order valence-corrected chi connectivity index (χ0v) is 14.9. The Balaban J connectivity index is 1.98. The summed E-state index contributed by atoms with van der Waals surface area (Å²) in [4.78, 5) is 4.79. The number of benzene rings is 2. The highest BCUT2D eigenvalue weighted by Gasteiger charge is 2.13. The number of fused-ring (bicyclic) bond motifs is 1. The number of imidazole rings is 1. The lowest BCUT2D eigenvalue weighted by molar-refractivity contribution is 0.286. The molecule has 0 saturated heterocycles. The van der Waals surface area contributed by atoms with Gasteiger partial charge in [0.25, 0.3) is 0 Å². The lowest BCUT2D eigenvalue weighted by Crippen LogP contribution is -2.14. The highest BCUT2D eigenvalue weighted by molar-refractivity contribution is 5.78. The van der Waals surface area contributed by atoms with Crippen LogP contribution in [0.5, 0.6) is 5.75 Å². The molecule has 0 aliphatic heterocycles. The number of nitrogens with zero attached hydrogens (tertiary/aromatic N) is 2. The Morgan fingerprint density at radius 2 is 1.67 bits per heavy atom. The van der Waals surface area contributed by atoms with Gasteiger partial charge in [-0.25, -0.2) is 4.98 Å². The third-order valence-electron chi connectivity index (χ3n) is 4.55. The van der Waals surface area contributed by atoms with Crippen LogP contribution in [0.4, 0.5) is 0 Å². The highest BCUT2D eigenvalue weighted by atomic mass is 16.5. The first kappa shape index (κ1) is 16.5. The van der Waals surface area contributed by atoms with Crippen molar-refractivity contribution < 1.29 is 4.74 Å². The van der Waals surface area contributed by atoms with Gasteiger partial charge in [0.15, 0.2) is 0 Å². The smallest absolute Gasteiger partial charge is 0.148 e. The predicted octanol–water partition coefficient (Wildman–Crippen LogP) is 3.81. The maximum absolute atomic E-state index is 6.11. The molecule has 0 saturated carbocycles. The Labute approximate surface area is 143 Å².